The summed E-state index contributed by atoms with van der Waals surface area (Å²) in [5.41, 5.74) is 6.80. The Morgan fingerprint density at radius 3 is 2.68 bits per heavy atom. The van der Waals surface area contributed by atoms with E-state index in [4.69, 9.17) is 22.1 Å². The number of benzene rings is 1. The highest BCUT2D eigenvalue weighted by Crippen LogP contribution is 2.37. The van der Waals surface area contributed by atoms with Crippen LogP contribution >= 0.6 is 11.6 Å². The van der Waals surface area contributed by atoms with E-state index >= 15 is 0 Å². The van der Waals surface area contributed by atoms with Gasteiger partial charge in [0.05, 0.1) is 13.2 Å². The fourth-order valence-electron chi connectivity index (χ4n) is 3.07. The van der Waals surface area contributed by atoms with Gasteiger partial charge < -0.3 is 15.6 Å². The van der Waals surface area contributed by atoms with E-state index in [1.165, 1.54) is 12.8 Å². The molecule has 3 nitrogen and oxygen atoms in total. The van der Waals surface area contributed by atoms with E-state index in [9.17, 15) is 5.11 Å². The molecule has 1 aromatic rings. The largest absolute Gasteiger partial charge is 0.496 e. The zero-order valence-electron chi connectivity index (χ0n) is 11.3. The Bertz CT molecular complexity index is 419. The molecule has 0 aliphatic heterocycles. The summed E-state index contributed by atoms with van der Waals surface area (Å²) in [5, 5.41) is 11.2. The summed E-state index contributed by atoms with van der Waals surface area (Å²) in [6, 6.07) is 5.48. The van der Waals surface area contributed by atoms with E-state index < -0.39 is 6.10 Å². The highest BCUT2D eigenvalue weighted by molar-refractivity contribution is 6.30. The van der Waals surface area contributed by atoms with Crippen LogP contribution in [0.4, 0.5) is 0 Å². The minimum atomic E-state index is -0.417. The number of methoxy groups -OCH3 is 1. The van der Waals surface area contributed by atoms with Gasteiger partial charge in [0, 0.05) is 23.0 Å². The molecule has 1 saturated carbocycles. The fourth-order valence-corrected chi connectivity index (χ4v) is 3.25. The van der Waals surface area contributed by atoms with E-state index in [0.717, 1.165) is 24.2 Å². The first-order valence-corrected chi connectivity index (χ1v) is 7.26. The molecule has 106 valence electrons. The van der Waals surface area contributed by atoms with Crippen LogP contribution in [0.1, 0.15) is 37.2 Å². The van der Waals surface area contributed by atoms with E-state index in [1.54, 1.807) is 13.2 Å². The van der Waals surface area contributed by atoms with Gasteiger partial charge in [0.25, 0.3) is 0 Å². The SMILES string of the molecule is COc1ccc(Cl)cc1C(CN)C(O)C1CCCC1. The summed E-state index contributed by atoms with van der Waals surface area (Å²) in [7, 11) is 1.63. The summed E-state index contributed by atoms with van der Waals surface area (Å²) in [6.45, 7) is 0.397. The van der Waals surface area contributed by atoms with Crippen molar-refractivity contribution in [2.75, 3.05) is 13.7 Å². The van der Waals surface area contributed by atoms with Crippen molar-refractivity contribution >= 4 is 11.6 Å². The molecule has 4 heteroatoms. The van der Waals surface area contributed by atoms with Crippen LogP contribution in [-0.4, -0.2) is 24.9 Å². The third-order valence-corrected chi connectivity index (χ3v) is 4.38. The molecule has 0 saturated heterocycles. The minimum absolute atomic E-state index is 0.114. The molecule has 19 heavy (non-hydrogen) atoms. The number of ether oxygens (including phenoxy) is 1. The molecule has 1 aromatic carbocycles. The standard InChI is InChI=1S/C15H22ClNO2/c1-19-14-7-6-11(16)8-12(14)13(9-17)15(18)10-4-2-3-5-10/h6-8,10,13,15,18H,2-5,9,17H2,1H3. The molecule has 0 amide bonds. The van der Waals surface area contributed by atoms with Crippen molar-refractivity contribution in [3.63, 3.8) is 0 Å². The van der Waals surface area contributed by atoms with Crippen LogP contribution < -0.4 is 10.5 Å². The number of aliphatic hydroxyl groups is 1. The molecule has 0 bridgehead atoms. The van der Waals surface area contributed by atoms with Crippen LogP contribution in [0.3, 0.4) is 0 Å². The van der Waals surface area contributed by atoms with Crippen molar-refractivity contribution in [2.45, 2.75) is 37.7 Å². The second kappa shape index (κ2) is 6.60. The Morgan fingerprint density at radius 2 is 2.11 bits per heavy atom. The number of rotatable bonds is 5. The molecule has 0 heterocycles. The lowest BCUT2D eigenvalue weighted by molar-refractivity contribution is 0.0842. The predicted molar refractivity (Wildman–Crippen MR) is 77.8 cm³/mol. The number of hydrogen-bond acceptors (Lipinski definition) is 3. The first-order chi connectivity index (χ1) is 9.17. The zero-order valence-corrected chi connectivity index (χ0v) is 12.1. The molecule has 0 radical (unpaired) electrons. The first-order valence-electron chi connectivity index (χ1n) is 6.89. The Labute approximate surface area is 119 Å². The number of hydrogen-bond donors (Lipinski definition) is 2. The van der Waals surface area contributed by atoms with Crippen molar-refractivity contribution in [1.29, 1.82) is 0 Å². The third kappa shape index (κ3) is 3.22. The average molecular weight is 284 g/mol. The van der Waals surface area contributed by atoms with Gasteiger partial charge >= 0.3 is 0 Å². The maximum atomic E-state index is 10.6. The van der Waals surface area contributed by atoms with Crippen molar-refractivity contribution in [2.24, 2.45) is 11.7 Å². The summed E-state index contributed by atoms with van der Waals surface area (Å²) in [4.78, 5) is 0. The summed E-state index contributed by atoms with van der Waals surface area (Å²) in [5.74, 6) is 0.978. The second-order valence-corrected chi connectivity index (χ2v) is 5.70. The molecule has 2 unspecified atom stereocenters. The van der Waals surface area contributed by atoms with E-state index in [0.29, 0.717) is 17.5 Å². The first kappa shape index (κ1) is 14.6. The maximum absolute atomic E-state index is 10.6. The zero-order chi connectivity index (χ0) is 13.8. The molecular formula is C15H22ClNO2. The van der Waals surface area contributed by atoms with Gasteiger partial charge in [-0.15, -0.1) is 0 Å². The smallest absolute Gasteiger partial charge is 0.122 e. The van der Waals surface area contributed by atoms with Gasteiger partial charge in [0.2, 0.25) is 0 Å². The van der Waals surface area contributed by atoms with Gasteiger partial charge in [-0.25, -0.2) is 0 Å². The number of aliphatic hydroxyl groups excluding tert-OH is 1. The van der Waals surface area contributed by atoms with Gasteiger partial charge in [-0.1, -0.05) is 24.4 Å². The monoisotopic (exact) mass is 283 g/mol. The topological polar surface area (TPSA) is 55.5 Å². The summed E-state index contributed by atoms with van der Waals surface area (Å²) < 4.78 is 5.37. The lowest BCUT2D eigenvalue weighted by Gasteiger charge is -2.28. The van der Waals surface area contributed by atoms with Gasteiger partial charge in [-0.3, -0.25) is 0 Å². The Kier molecular flexibility index (Phi) is 5.08. The molecule has 2 atom stereocenters. The molecule has 0 aromatic heterocycles. The lowest BCUT2D eigenvalue weighted by atomic mass is 9.84. The van der Waals surface area contributed by atoms with Crippen LogP contribution in [-0.2, 0) is 0 Å². The van der Waals surface area contributed by atoms with E-state index in [2.05, 4.69) is 0 Å². The molecule has 1 fully saturated rings. The van der Waals surface area contributed by atoms with Crippen LogP contribution in [0.25, 0.3) is 0 Å². The number of halogens is 1. The average Bonchev–Trinajstić information content (AvgIpc) is 2.93. The molecule has 1 aliphatic carbocycles. The predicted octanol–water partition coefficient (Wildman–Crippen LogP) is 2.94. The van der Waals surface area contributed by atoms with Gasteiger partial charge in [0.1, 0.15) is 5.75 Å². The Morgan fingerprint density at radius 1 is 1.42 bits per heavy atom. The molecule has 0 spiro atoms. The van der Waals surface area contributed by atoms with Gasteiger partial charge in [-0.05, 0) is 37.0 Å². The van der Waals surface area contributed by atoms with Crippen LogP contribution in [0, 0.1) is 5.92 Å². The van der Waals surface area contributed by atoms with Crippen molar-refractivity contribution in [3.8, 4) is 5.75 Å². The fraction of sp³-hybridized carbons (Fsp3) is 0.600. The van der Waals surface area contributed by atoms with Crippen LogP contribution in [0.15, 0.2) is 18.2 Å². The highest BCUT2D eigenvalue weighted by Gasteiger charge is 2.31. The molecule has 3 N–H and O–H groups in total. The lowest BCUT2D eigenvalue weighted by Crippen LogP contribution is -2.31. The van der Waals surface area contributed by atoms with E-state index in [-0.39, 0.29) is 5.92 Å². The maximum Gasteiger partial charge on any atom is 0.122 e. The normalized spacial score (nSPS) is 19.4. The molecule has 2 rings (SSSR count). The van der Waals surface area contributed by atoms with Crippen molar-refractivity contribution in [3.05, 3.63) is 28.8 Å². The minimum Gasteiger partial charge on any atom is -0.496 e. The second-order valence-electron chi connectivity index (χ2n) is 5.26. The van der Waals surface area contributed by atoms with Crippen molar-refractivity contribution < 1.29 is 9.84 Å². The van der Waals surface area contributed by atoms with Gasteiger partial charge in [-0.2, -0.15) is 0 Å². The van der Waals surface area contributed by atoms with E-state index in [1.807, 2.05) is 12.1 Å². The summed E-state index contributed by atoms with van der Waals surface area (Å²) in [6.07, 6.45) is 4.15. The third-order valence-electron chi connectivity index (χ3n) is 4.14. The quantitative estimate of drug-likeness (QED) is 0.873. The highest BCUT2D eigenvalue weighted by atomic mass is 35.5. The van der Waals surface area contributed by atoms with Crippen LogP contribution in [0.5, 0.6) is 5.75 Å². The van der Waals surface area contributed by atoms with Crippen LogP contribution in [0.2, 0.25) is 5.02 Å². The molecule has 1 aliphatic rings. The van der Waals surface area contributed by atoms with Crippen molar-refractivity contribution in [1.82, 2.24) is 0 Å². The molecular weight excluding hydrogens is 262 g/mol. The Balaban J connectivity index is 2.27. The number of nitrogens with two attached hydrogens (primary N) is 1. The van der Waals surface area contributed by atoms with Gasteiger partial charge in [0.15, 0.2) is 0 Å². The summed E-state index contributed by atoms with van der Waals surface area (Å²) >= 11 is 6.06. The Hall–Kier alpha value is -0.770.